The van der Waals surface area contributed by atoms with Gasteiger partial charge in [-0.3, -0.25) is 0 Å². The largest absolute Gasteiger partial charge is 0.366 e. The van der Waals surface area contributed by atoms with Crippen LogP contribution in [0.1, 0.15) is 32.6 Å². The van der Waals surface area contributed by atoms with E-state index in [4.69, 9.17) is 0 Å². The van der Waals surface area contributed by atoms with Crippen LogP contribution in [-0.4, -0.2) is 47.9 Å². The number of fused-ring (bicyclic) bond motifs is 2. The normalized spacial score (nSPS) is 30.1. The maximum absolute atomic E-state index is 13.6. The topological polar surface area (TPSA) is 6.48 Å². The highest BCUT2D eigenvalue weighted by Crippen LogP contribution is 2.37. The molecule has 1 saturated heterocycles. The highest BCUT2D eigenvalue weighted by atomic mass is 19.3. The SMILES string of the molecule is CC(F)(F)C1=CC=CCN1CCCN1CC2CC[C@@H]1C2. The molecule has 0 spiro atoms. The van der Waals surface area contributed by atoms with Gasteiger partial charge in [-0.1, -0.05) is 12.2 Å². The molecule has 2 bridgehead atoms. The van der Waals surface area contributed by atoms with Crippen molar-refractivity contribution in [3.63, 3.8) is 0 Å². The third-order valence-corrected chi connectivity index (χ3v) is 4.90. The van der Waals surface area contributed by atoms with Crippen LogP contribution in [0.25, 0.3) is 0 Å². The van der Waals surface area contributed by atoms with Gasteiger partial charge in [-0.15, -0.1) is 0 Å². The van der Waals surface area contributed by atoms with E-state index in [1.54, 1.807) is 12.2 Å². The van der Waals surface area contributed by atoms with Gasteiger partial charge in [0.1, 0.15) is 0 Å². The van der Waals surface area contributed by atoms with E-state index in [1.165, 1.54) is 25.8 Å². The van der Waals surface area contributed by atoms with Crippen molar-refractivity contribution in [1.29, 1.82) is 0 Å². The van der Waals surface area contributed by atoms with Crippen molar-refractivity contribution in [2.75, 3.05) is 26.2 Å². The molecule has 3 aliphatic rings. The Balaban J connectivity index is 1.48. The molecule has 20 heavy (non-hydrogen) atoms. The van der Waals surface area contributed by atoms with Crippen LogP contribution in [0.4, 0.5) is 8.78 Å². The number of rotatable bonds is 5. The molecule has 0 amide bonds. The lowest BCUT2D eigenvalue weighted by molar-refractivity contribution is 0.0303. The summed E-state index contributed by atoms with van der Waals surface area (Å²) in [6, 6.07) is 0.781. The molecule has 2 atom stereocenters. The summed E-state index contributed by atoms with van der Waals surface area (Å²) >= 11 is 0. The Kier molecular flexibility index (Phi) is 3.85. The fourth-order valence-corrected chi connectivity index (χ4v) is 3.95. The summed E-state index contributed by atoms with van der Waals surface area (Å²) in [5.41, 5.74) is 0.169. The predicted molar refractivity (Wildman–Crippen MR) is 76.7 cm³/mol. The fraction of sp³-hybridized carbons (Fsp3) is 0.750. The Labute approximate surface area is 120 Å². The zero-order valence-electron chi connectivity index (χ0n) is 12.2. The van der Waals surface area contributed by atoms with Gasteiger partial charge >= 0.3 is 0 Å². The second-order valence-electron chi connectivity index (χ2n) is 6.50. The molecule has 2 aliphatic heterocycles. The highest BCUT2D eigenvalue weighted by molar-refractivity contribution is 5.22. The predicted octanol–water partition coefficient (Wildman–Crippen LogP) is 3.27. The van der Waals surface area contributed by atoms with E-state index >= 15 is 0 Å². The number of halogens is 2. The van der Waals surface area contributed by atoms with Crippen LogP contribution in [0.5, 0.6) is 0 Å². The van der Waals surface area contributed by atoms with Crippen molar-refractivity contribution in [1.82, 2.24) is 9.80 Å². The van der Waals surface area contributed by atoms with Gasteiger partial charge in [0.25, 0.3) is 5.92 Å². The van der Waals surface area contributed by atoms with E-state index in [-0.39, 0.29) is 5.70 Å². The first-order valence-electron chi connectivity index (χ1n) is 7.78. The smallest absolute Gasteiger partial charge is 0.284 e. The van der Waals surface area contributed by atoms with E-state index in [9.17, 15) is 8.78 Å². The Bertz CT molecular complexity index is 411. The van der Waals surface area contributed by atoms with Gasteiger partial charge in [0.2, 0.25) is 0 Å². The molecular weight excluding hydrogens is 258 g/mol. The molecule has 1 aliphatic carbocycles. The average molecular weight is 282 g/mol. The van der Waals surface area contributed by atoms with Gasteiger partial charge in [-0.25, -0.2) is 8.78 Å². The Morgan fingerprint density at radius 2 is 2.15 bits per heavy atom. The van der Waals surface area contributed by atoms with Crippen LogP contribution < -0.4 is 0 Å². The molecule has 4 heteroatoms. The zero-order valence-corrected chi connectivity index (χ0v) is 12.2. The zero-order chi connectivity index (χ0) is 14.2. The summed E-state index contributed by atoms with van der Waals surface area (Å²) in [4.78, 5) is 4.40. The maximum atomic E-state index is 13.6. The molecule has 1 saturated carbocycles. The molecule has 0 radical (unpaired) electrons. The third-order valence-electron chi connectivity index (χ3n) is 4.90. The van der Waals surface area contributed by atoms with E-state index in [2.05, 4.69) is 4.90 Å². The molecule has 0 aromatic rings. The maximum Gasteiger partial charge on any atom is 0.284 e. The van der Waals surface area contributed by atoms with Crippen LogP contribution in [0.15, 0.2) is 23.9 Å². The quantitative estimate of drug-likeness (QED) is 0.763. The van der Waals surface area contributed by atoms with Gasteiger partial charge in [0.15, 0.2) is 0 Å². The highest BCUT2D eigenvalue weighted by Gasteiger charge is 2.37. The number of piperidine rings is 1. The number of hydrogen-bond acceptors (Lipinski definition) is 2. The summed E-state index contributed by atoms with van der Waals surface area (Å²) in [6.45, 7) is 4.63. The standard InChI is InChI=1S/C16H24F2N2/c1-16(17,18)15-5-2-3-8-19(15)9-4-10-20-12-13-6-7-14(20)11-13/h2-3,5,13-14H,4,6-12H2,1H3/t13?,14-/m1/s1. The van der Waals surface area contributed by atoms with Crippen LogP contribution >= 0.6 is 0 Å². The van der Waals surface area contributed by atoms with Crippen molar-refractivity contribution in [3.8, 4) is 0 Å². The lowest BCUT2D eigenvalue weighted by Crippen LogP contribution is -2.38. The van der Waals surface area contributed by atoms with E-state index in [0.717, 1.165) is 38.4 Å². The molecule has 2 fully saturated rings. The Morgan fingerprint density at radius 1 is 1.30 bits per heavy atom. The number of allylic oxidation sites excluding steroid dienone is 3. The van der Waals surface area contributed by atoms with E-state index < -0.39 is 5.92 Å². The molecule has 1 unspecified atom stereocenters. The summed E-state index contributed by atoms with van der Waals surface area (Å²) in [6.07, 6.45) is 10.3. The fourth-order valence-electron chi connectivity index (χ4n) is 3.95. The van der Waals surface area contributed by atoms with E-state index in [1.807, 2.05) is 11.0 Å². The van der Waals surface area contributed by atoms with Crippen LogP contribution in [-0.2, 0) is 0 Å². The van der Waals surface area contributed by atoms with Crippen LogP contribution in [0, 0.1) is 5.92 Å². The van der Waals surface area contributed by atoms with Gasteiger partial charge in [0, 0.05) is 39.1 Å². The second kappa shape index (κ2) is 5.47. The number of alkyl halides is 2. The molecule has 0 N–H and O–H groups in total. The first-order chi connectivity index (χ1) is 9.54. The Morgan fingerprint density at radius 3 is 2.80 bits per heavy atom. The summed E-state index contributed by atoms with van der Waals surface area (Å²) < 4.78 is 27.1. The van der Waals surface area contributed by atoms with Gasteiger partial charge < -0.3 is 9.80 Å². The lowest BCUT2D eigenvalue weighted by atomic mass is 10.1. The van der Waals surface area contributed by atoms with Crippen molar-refractivity contribution in [2.45, 2.75) is 44.6 Å². The van der Waals surface area contributed by atoms with E-state index in [0.29, 0.717) is 6.54 Å². The van der Waals surface area contributed by atoms with Crippen LogP contribution in [0.3, 0.4) is 0 Å². The first kappa shape index (κ1) is 14.1. The lowest BCUT2D eigenvalue weighted by Gasteiger charge is -2.33. The summed E-state index contributed by atoms with van der Waals surface area (Å²) in [5, 5.41) is 0. The third kappa shape index (κ3) is 2.90. The first-order valence-corrected chi connectivity index (χ1v) is 7.78. The van der Waals surface area contributed by atoms with Crippen molar-refractivity contribution < 1.29 is 8.78 Å². The minimum atomic E-state index is -2.74. The van der Waals surface area contributed by atoms with Crippen LogP contribution in [0.2, 0.25) is 0 Å². The number of hydrogen-bond donors (Lipinski definition) is 0. The molecule has 3 rings (SSSR count). The number of nitrogens with zero attached hydrogens (tertiary/aromatic N) is 2. The number of likely N-dealkylation sites (tertiary alicyclic amines) is 1. The molecule has 2 heterocycles. The van der Waals surface area contributed by atoms with Crippen molar-refractivity contribution in [2.24, 2.45) is 5.92 Å². The van der Waals surface area contributed by atoms with Crippen molar-refractivity contribution in [3.05, 3.63) is 23.9 Å². The van der Waals surface area contributed by atoms with Crippen molar-refractivity contribution >= 4 is 0 Å². The minimum Gasteiger partial charge on any atom is -0.366 e. The summed E-state index contributed by atoms with van der Waals surface area (Å²) in [5.74, 6) is -1.83. The summed E-state index contributed by atoms with van der Waals surface area (Å²) in [7, 11) is 0. The molecule has 0 aromatic heterocycles. The molecule has 112 valence electrons. The average Bonchev–Trinajstić information content (AvgIpc) is 3.00. The molecular formula is C16H24F2N2. The monoisotopic (exact) mass is 282 g/mol. The van der Waals surface area contributed by atoms with Gasteiger partial charge in [-0.2, -0.15) is 0 Å². The minimum absolute atomic E-state index is 0.169. The second-order valence-corrected chi connectivity index (χ2v) is 6.50. The molecule has 2 nitrogen and oxygen atoms in total. The van der Waals surface area contributed by atoms with Gasteiger partial charge in [-0.05, 0) is 37.7 Å². The van der Waals surface area contributed by atoms with Gasteiger partial charge in [0.05, 0.1) is 5.70 Å². The Hall–Kier alpha value is -0.900. The molecule has 0 aromatic carbocycles.